The highest BCUT2D eigenvalue weighted by Crippen LogP contribution is 2.22. The number of benzene rings is 1. The molecule has 1 N–H and O–H groups in total. The first kappa shape index (κ1) is 20.3. The number of rotatable bonds is 7. The fourth-order valence-electron chi connectivity index (χ4n) is 2.30. The van der Waals surface area contributed by atoms with Crippen molar-refractivity contribution in [2.45, 2.75) is 26.9 Å². The number of aryl methyl sites for hydroxylation is 1. The maximum atomic E-state index is 12.3. The van der Waals surface area contributed by atoms with Crippen LogP contribution in [0, 0.1) is 5.92 Å². The predicted molar refractivity (Wildman–Crippen MR) is 104 cm³/mol. The van der Waals surface area contributed by atoms with Gasteiger partial charge in [0.2, 0.25) is 5.43 Å². The molecule has 7 heteroatoms. The van der Waals surface area contributed by atoms with E-state index in [9.17, 15) is 9.59 Å². The van der Waals surface area contributed by atoms with E-state index in [1.807, 2.05) is 0 Å². The lowest BCUT2D eigenvalue weighted by Crippen LogP contribution is -2.29. The molecule has 2 rings (SSSR count). The number of aromatic nitrogens is 1. The van der Waals surface area contributed by atoms with E-state index >= 15 is 0 Å². The van der Waals surface area contributed by atoms with E-state index in [4.69, 9.17) is 27.9 Å². The summed E-state index contributed by atoms with van der Waals surface area (Å²) in [6.07, 6.45) is 2.38. The van der Waals surface area contributed by atoms with E-state index in [-0.39, 0.29) is 29.4 Å². The minimum absolute atomic E-state index is 0.130. The van der Waals surface area contributed by atoms with E-state index in [0.29, 0.717) is 28.1 Å². The lowest BCUT2D eigenvalue weighted by molar-refractivity contribution is 0.0942. The van der Waals surface area contributed by atoms with Crippen LogP contribution in [-0.4, -0.2) is 17.0 Å². The van der Waals surface area contributed by atoms with E-state index in [0.717, 1.165) is 6.42 Å². The minimum atomic E-state index is -0.359. The first-order valence-corrected chi connectivity index (χ1v) is 9.09. The molecular formula is C19H22Cl2N2O3. The van der Waals surface area contributed by atoms with Crippen molar-refractivity contribution in [2.24, 2.45) is 13.0 Å². The summed E-state index contributed by atoms with van der Waals surface area (Å²) in [6, 6.07) is 6.34. The summed E-state index contributed by atoms with van der Waals surface area (Å²) >= 11 is 12.0. The molecule has 0 aliphatic rings. The molecule has 140 valence electrons. The molecule has 0 atom stereocenters. The molecule has 0 unspecified atom stereocenters. The van der Waals surface area contributed by atoms with Crippen molar-refractivity contribution in [3.8, 4) is 5.75 Å². The van der Waals surface area contributed by atoms with Gasteiger partial charge in [0, 0.05) is 35.3 Å². The van der Waals surface area contributed by atoms with Crippen LogP contribution >= 0.6 is 23.2 Å². The average molecular weight is 397 g/mol. The van der Waals surface area contributed by atoms with Gasteiger partial charge in [-0.3, -0.25) is 9.59 Å². The lowest BCUT2D eigenvalue weighted by atomic mass is 10.1. The highest BCUT2D eigenvalue weighted by Gasteiger charge is 2.13. The molecule has 1 heterocycles. The number of carbonyl (C=O) groups excluding carboxylic acids is 1. The third-order valence-electron chi connectivity index (χ3n) is 3.84. The van der Waals surface area contributed by atoms with Crippen molar-refractivity contribution in [1.29, 1.82) is 0 Å². The number of pyridine rings is 1. The second kappa shape index (κ2) is 9.10. The van der Waals surface area contributed by atoms with E-state index < -0.39 is 0 Å². The number of halogens is 2. The third-order valence-corrected chi connectivity index (χ3v) is 4.43. The van der Waals surface area contributed by atoms with Crippen molar-refractivity contribution >= 4 is 29.1 Å². The van der Waals surface area contributed by atoms with E-state index in [2.05, 4.69) is 19.2 Å². The van der Waals surface area contributed by atoms with Crippen molar-refractivity contribution in [3.63, 3.8) is 0 Å². The fraction of sp³-hybridized carbons (Fsp3) is 0.368. The Kier molecular flexibility index (Phi) is 7.12. The molecule has 5 nitrogen and oxygen atoms in total. The maximum absolute atomic E-state index is 12.3. The van der Waals surface area contributed by atoms with Crippen LogP contribution in [0.4, 0.5) is 0 Å². The van der Waals surface area contributed by atoms with Gasteiger partial charge in [-0.1, -0.05) is 43.1 Å². The molecule has 0 radical (unpaired) electrons. The first-order valence-electron chi connectivity index (χ1n) is 8.33. The van der Waals surface area contributed by atoms with Crippen LogP contribution in [0.15, 0.2) is 35.3 Å². The number of carbonyl (C=O) groups is 1. The molecule has 0 spiro atoms. The lowest BCUT2D eigenvalue weighted by Gasteiger charge is -2.13. The number of hydrogen-bond donors (Lipinski definition) is 1. The fourth-order valence-corrected chi connectivity index (χ4v) is 2.76. The number of nitrogens with zero attached hydrogens (tertiary/aromatic N) is 1. The quantitative estimate of drug-likeness (QED) is 0.767. The van der Waals surface area contributed by atoms with Gasteiger partial charge >= 0.3 is 0 Å². The molecule has 0 fully saturated rings. The van der Waals surface area contributed by atoms with Crippen molar-refractivity contribution in [3.05, 3.63) is 62.0 Å². The Balaban J connectivity index is 2.08. The van der Waals surface area contributed by atoms with Gasteiger partial charge in [0.15, 0.2) is 5.75 Å². The topological polar surface area (TPSA) is 60.3 Å². The molecule has 1 amide bonds. The molecule has 0 bridgehead atoms. The molecule has 0 aliphatic carbocycles. The summed E-state index contributed by atoms with van der Waals surface area (Å²) in [5.74, 6) is 0.365. The SMILES string of the molecule is CC(C)CCNC(=O)c1cc(=O)c(OCc2ccc(Cl)cc2Cl)cn1C. The second-order valence-electron chi connectivity index (χ2n) is 6.46. The first-order chi connectivity index (χ1) is 12.3. The number of hydrogen-bond acceptors (Lipinski definition) is 3. The summed E-state index contributed by atoms with van der Waals surface area (Å²) in [5, 5.41) is 3.82. The summed E-state index contributed by atoms with van der Waals surface area (Å²) in [4.78, 5) is 24.5. The number of ether oxygens (including phenoxy) is 1. The standard InChI is InChI=1S/C19H22Cl2N2O3/c1-12(2)6-7-22-19(25)16-9-17(24)18(10-23(16)3)26-11-13-4-5-14(20)8-15(13)21/h4-5,8-10,12H,6-7,11H2,1-3H3,(H,22,25). The molecule has 0 aliphatic heterocycles. The van der Waals surface area contributed by atoms with Crippen LogP contribution in [0.1, 0.15) is 36.3 Å². The Bertz CT molecular complexity index is 847. The summed E-state index contributed by atoms with van der Waals surface area (Å²) in [7, 11) is 1.69. The summed E-state index contributed by atoms with van der Waals surface area (Å²) < 4.78 is 7.15. The molecule has 2 aromatic rings. The van der Waals surface area contributed by atoms with Gasteiger partial charge in [0.1, 0.15) is 12.3 Å². The Labute approximate surface area is 162 Å². The minimum Gasteiger partial charge on any atom is -0.483 e. The highest BCUT2D eigenvalue weighted by molar-refractivity contribution is 6.35. The van der Waals surface area contributed by atoms with Gasteiger partial charge in [0.05, 0.1) is 6.20 Å². The molecule has 1 aromatic carbocycles. The normalized spacial score (nSPS) is 10.8. The van der Waals surface area contributed by atoms with Gasteiger partial charge in [-0.05, 0) is 24.5 Å². The zero-order valence-electron chi connectivity index (χ0n) is 15.0. The molecule has 1 aromatic heterocycles. The van der Waals surface area contributed by atoms with Gasteiger partial charge in [-0.25, -0.2) is 0 Å². The van der Waals surface area contributed by atoms with E-state index in [1.165, 1.54) is 12.3 Å². The van der Waals surface area contributed by atoms with Gasteiger partial charge < -0.3 is 14.6 Å². The van der Waals surface area contributed by atoms with Crippen LogP contribution in [0.5, 0.6) is 5.75 Å². The number of amides is 1. The Hall–Kier alpha value is -1.98. The second-order valence-corrected chi connectivity index (χ2v) is 7.30. The van der Waals surface area contributed by atoms with Crippen LogP contribution < -0.4 is 15.5 Å². The third kappa shape index (κ3) is 5.51. The van der Waals surface area contributed by atoms with Crippen molar-refractivity contribution in [2.75, 3.05) is 6.54 Å². The van der Waals surface area contributed by atoms with Gasteiger partial charge in [0.25, 0.3) is 5.91 Å². The summed E-state index contributed by atoms with van der Waals surface area (Å²) in [5.41, 5.74) is 0.645. The summed E-state index contributed by atoms with van der Waals surface area (Å²) in [6.45, 7) is 4.87. The Morgan fingerprint density at radius 2 is 2.00 bits per heavy atom. The number of nitrogens with one attached hydrogen (secondary N) is 1. The average Bonchev–Trinajstić information content (AvgIpc) is 2.56. The smallest absolute Gasteiger partial charge is 0.268 e. The molecule has 0 saturated heterocycles. The monoisotopic (exact) mass is 396 g/mol. The van der Waals surface area contributed by atoms with Crippen LogP contribution in [0.2, 0.25) is 10.0 Å². The van der Waals surface area contributed by atoms with Crippen LogP contribution in [0.25, 0.3) is 0 Å². The predicted octanol–water partition coefficient (Wildman–Crippen LogP) is 4.05. The van der Waals surface area contributed by atoms with Gasteiger partial charge in [-0.15, -0.1) is 0 Å². The highest BCUT2D eigenvalue weighted by atomic mass is 35.5. The Morgan fingerprint density at radius 1 is 1.27 bits per heavy atom. The largest absolute Gasteiger partial charge is 0.483 e. The van der Waals surface area contributed by atoms with Crippen molar-refractivity contribution < 1.29 is 9.53 Å². The zero-order valence-corrected chi connectivity index (χ0v) is 16.5. The Morgan fingerprint density at radius 3 is 2.65 bits per heavy atom. The van der Waals surface area contributed by atoms with Crippen LogP contribution in [-0.2, 0) is 13.7 Å². The molecule has 26 heavy (non-hydrogen) atoms. The molecular weight excluding hydrogens is 375 g/mol. The van der Waals surface area contributed by atoms with Gasteiger partial charge in [-0.2, -0.15) is 0 Å². The van der Waals surface area contributed by atoms with E-state index in [1.54, 1.807) is 29.8 Å². The van der Waals surface area contributed by atoms with Crippen LogP contribution in [0.3, 0.4) is 0 Å². The maximum Gasteiger partial charge on any atom is 0.268 e. The van der Waals surface area contributed by atoms with Crippen molar-refractivity contribution in [1.82, 2.24) is 9.88 Å². The zero-order chi connectivity index (χ0) is 19.3. The molecule has 0 saturated carbocycles.